The fourth-order valence-electron chi connectivity index (χ4n) is 2.11. The van der Waals surface area contributed by atoms with E-state index < -0.39 is 0 Å². The fourth-order valence-corrected chi connectivity index (χ4v) is 2.11. The lowest BCUT2D eigenvalue weighted by Gasteiger charge is -2.27. The van der Waals surface area contributed by atoms with Gasteiger partial charge in [0, 0.05) is 31.9 Å². The number of aromatic nitrogens is 2. The van der Waals surface area contributed by atoms with Crippen LogP contribution in [-0.4, -0.2) is 36.1 Å². The third-order valence-electron chi connectivity index (χ3n) is 3.17. The van der Waals surface area contributed by atoms with Crippen molar-refractivity contribution in [3.05, 3.63) is 42.5 Å². The van der Waals surface area contributed by atoms with E-state index in [1.807, 2.05) is 0 Å². The van der Waals surface area contributed by atoms with Crippen LogP contribution in [0.25, 0.3) is 0 Å². The number of piperazine rings is 1. The van der Waals surface area contributed by atoms with Crippen LogP contribution in [0.5, 0.6) is 0 Å². The van der Waals surface area contributed by atoms with Gasteiger partial charge in [-0.3, -0.25) is 0 Å². The van der Waals surface area contributed by atoms with Crippen molar-refractivity contribution >= 4 is 17.3 Å². The summed E-state index contributed by atoms with van der Waals surface area (Å²) in [5, 5.41) is 6.43. The van der Waals surface area contributed by atoms with Gasteiger partial charge in [0.2, 0.25) is 5.95 Å². The van der Waals surface area contributed by atoms with Crippen LogP contribution >= 0.6 is 0 Å². The summed E-state index contributed by atoms with van der Waals surface area (Å²) in [5.41, 5.74) is 1.60. The Balaban J connectivity index is 1.67. The molecule has 104 valence electrons. The van der Waals surface area contributed by atoms with E-state index in [0.29, 0.717) is 0 Å². The van der Waals surface area contributed by atoms with Crippen LogP contribution in [0.2, 0.25) is 0 Å². The summed E-state index contributed by atoms with van der Waals surface area (Å²) in [6.07, 6.45) is 3.49. The van der Waals surface area contributed by atoms with Crippen molar-refractivity contribution in [2.75, 3.05) is 36.4 Å². The number of nitrogens with one attached hydrogen (secondary N) is 2. The van der Waals surface area contributed by atoms with Crippen LogP contribution in [-0.2, 0) is 0 Å². The number of hydrogen-bond donors (Lipinski definition) is 2. The summed E-state index contributed by atoms with van der Waals surface area (Å²) in [7, 11) is 0. The van der Waals surface area contributed by atoms with Crippen molar-refractivity contribution in [2.24, 2.45) is 0 Å². The fraction of sp³-hybridized carbons (Fsp3) is 0.286. The number of nitrogens with zero attached hydrogens (tertiary/aromatic N) is 3. The molecular formula is C14H16FN5. The minimum absolute atomic E-state index is 0.249. The molecule has 1 aliphatic rings. The summed E-state index contributed by atoms with van der Waals surface area (Å²) in [5.74, 6) is 0.497. The number of halogens is 1. The Hall–Kier alpha value is -2.21. The molecule has 3 rings (SSSR count). The van der Waals surface area contributed by atoms with Gasteiger partial charge in [-0.15, -0.1) is 0 Å². The maximum atomic E-state index is 12.8. The molecule has 0 atom stereocenters. The van der Waals surface area contributed by atoms with E-state index in [2.05, 4.69) is 25.5 Å². The van der Waals surface area contributed by atoms with Gasteiger partial charge < -0.3 is 15.5 Å². The molecule has 0 amide bonds. The molecule has 5 nitrogen and oxygen atoms in total. The second-order valence-corrected chi connectivity index (χ2v) is 4.64. The first-order valence-electron chi connectivity index (χ1n) is 6.61. The average molecular weight is 273 g/mol. The molecule has 2 N–H and O–H groups in total. The van der Waals surface area contributed by atoms with E-state index in [1.54, 1.807) is 24.5 Å². The number of anilines is 3. The first kappa shape index (κ1) is 12.8. The van der Waals surface area contributed by atoms with Gasteiger partial charge in [-0.25, -0.2) is 14.4 Å². The molecule has 0 radical (unpaired) electrons. The molecule has 20 heavy (non-hydrogen) atoms. The second kappa shape index (κ2) is 5.83. The first-order chi connectivity index (χ1) is 9.81. The van der Waals surface area contributed by atoms with Gasteiger partial charge in [0.1, 0.15) is 5.82 Å². The molecule has 1 aromatic heterocycles. The van der Waals surface area contributed by atoms with Gasteiger partial charge in [-0.1, -0.05) is 0 Å². The summed E-state index contributed by atoms with van der Waals surface area (Å²) in [6, 6.07) is 6.19. The normalized spacial score (nSPS) is 15.2. The van der Waals surface area contributed by atoms with Crippen LogP contribution in [0, 0.1) is 5.82 Å². The molecule has 0 aliphatic carbocycles. The number of rotatable bonds is 3. The number of benzene rings is 1. The largest absolute Gasteiger partial charge is 0.353 e. The quantitative estimate of drug-likeness (QED) is 0.892. The zero-order valence-electron chi connectivity index (χ0n) is 11.0. The van der Waals surface area contributed by atoms with Gasteiger partial charge in [0.25, 0.3) is 0 Å². The Kier molecular flexibility index (Phi) is 3.73. The Bertz CT molecular complexity index is 549. The first-order valence-corrected chi connectivity index (χ1v) is 6.61. The summed E-state index contributed by atoms with van der Waals surface area (Å²) in [4.78, 5) is 10.9. The van der Waals surface area contributed by atoms with Crippen molar-refractivity contribution < 1.29 is 4.39 Å². The Morgan fingerprint density at radius 2 is 1.65 bits per heavy atom. The highest BCUT2D eigenvalue weighted by Crippen LogP contribution is 2.17. The van der Waals surface area contributed by atoms with Gasteiger partial charge >= 0.3 is 0 Å². The average Bonchev–Trinajstić information content (AvgIpc) is 2.51. The maximum absolute atomic E-state index is 12.8. The van der Waals surface area contributed by atoms with E-state index in [1.165, 1.54) is 12.1 Å². The molecule has 2 heterocycles. The van der Waals surface area contributed by atoms with E-state index in [4.69, 9.17) is 0 Å². The molecule has 0 spiro atoms. The predicted octanol–water partition coefficient (Wildman–Crippen LogP) is 1.77. The van der Waals surface area contributed by atoms with Crippen LogP contribution in [0.15, 0.2) is 36.7 Å². The lowest BCUT2D eigenvalue weighted by molar-refractivity contribution is 0.580. The molecule has 1 aliphatic heterocycles. The predicted molar refractivity (Wildman–Crippen MR) is 76.8 cm³/mol. The summed E-state index contributed by atoms with van der Waals surface area (Å²) >= 11 is 0. The topological polar surface area (TPSA) is 53.1 Å². The smallest absolute Gasteiger partial charge is 0.225 e. The second-order valence-electron chi connectivity index (χ2n) is 4.64. The van der Waals surface area contributed by atoms with E-state index in [-0.39, 0.29) is 5.82 Å². The molecule has 6 heteroatoms. The monoisotopic (exact) mass is 273 g/mol. The molecular weight excluding hydrogens is 257 g/mol. The Morgan fingerprint density at radius 1 is 1.00 bits per heavy atom. The van der Waals surface area contributed by atoms with Gasteiger partial charge in [0.15, 0.2) is 0 Å². The standard InChI is InChI=1S/C14H16FN5/c15-11-1-3-12(4-2-11)19-13-9-17-14(18-10-13)20-7-5-16-6-8-20/h1-4,9-10,16,19H,5-8H2. The van der Waals surface area contributed by atoms with Crippen LogP contribution in [0.4, 0.5) is 21.7 Å². The van der Waals surface area contributed by atoms with Crippen molar-refractivity contribution in [1.29, 1.82) is 0 Å². The van der Waals surface area contributed by atoms with E-state index in [0.717, 1.165) is 43.5 Å². The number of hydrogen-bond acceptors (Lipinski definition) is 5. The van der Waals surface area contributed by atoms with E-state index >= 15 is 0 Å². The van der Waals surface area contributed by atoms with Crippen molar-refractivity contribution in [2.45, 2.75) is 0 Å². The zero-order chi connectivity index (χ0) is 13.8. The van der Waals surface area contributed by atoms with Crippen molar-refractivity contribution in [1.82, 2.24) is 15.3 Å². The molecule has 1 aromatic carbocycles. The van der Waals surface area contributed by atoms with Gasteiger partial charge in [-0.05, 0) is 24.3 Å². The molecule has 0 saturated carbocycles. The maximum Gasteiger partial charge on any atom is 0.225 e. The Labute approximate surface area is 116 Å². The van der Waals surface area contributed by atoms with E-state index in [9.17, 15) is 4.39 Å². The SMILES string of the molecule is Fc1ccc(Nc2cnc(N3CCNCC3)nc2)cc1. The lowest BCUT2D eigenvalue weighted by atomic mass is 10.3. The lowest BCUT2D eigenvalue weighted by Crippen LogP contribution is -2.44. The minimum Gasteiger partial charge on any atom is -0.353 e. The molecule has 2 aromatic rings. The zero-order valence-corrected chi connectivity index (χ0v) is 11.0. The van der Waals surface area contributed by atoms with Gasteiger partial charge in [-0.2, -0.15) is 0 Å². The van der Waals surface area contributed by atoms with Crippen LogP contribution in [0.3, 0.4) is 0 Å². The van der Waals surface area contributed by atoms with Crippen molar-refractivity contribution in [3.63, 3.8) is 0 Å². The Morgan fingerprint density at radius 3 is 2.30 bits per heavy atom. The summed E-state index contributed by atoms with van der Waals surface area (Å²) in [6.45, 7) is 3.76. The minimum atomic E-state index is -0.249. The third-order valence-corrected chi connectivity index (χ3v) is 3.17. The summed E-state index contributed by atoms with van der Waals surface area (Å²) < 4.78 is 12.8. The molecule has 1 saturated heterocycles. The highest BCUT2D eigenvalue weighted by molar-refractivity contribution is 5.58. The van der Waals surface area contributed by atoms with Crippen LogP contribution < -0.4 is 15.5 Å². The highest BCUT2D eigenvalue weighted by atomic mass is 19.1. The van der Waals surface area contributed by atoms with Crippen LogP contribution in [0.1, 0.15) is 0 Å². The molecule has 0 unspecified atom stereocenters. The highest BCUT2D eigenvalue weighted by Gasteiger charge is 2.12. The molecule has 0 bridgehead atoms. The van der Waals surface area contributed by atoms with Crippen molar-refractivity contribution in [3.8, 4) is 0 Å². The third kappa shape index (κ3) is 3.03. The van der Waals surface area contributed by atoms with Gasteiger partial charge in [0.05, 0.1) is 18.1 Å². The molecule has 1 fully saturated rings.